The van der Waals surface area contributed by atoms with Crippen LogP contribution in [-0.4, -0.2) is 50.9 Å². The minimum atomic E-state index is -0.865. The summed E-state index contributed by atoms with van der Waals surface area (Å²) in [5, 5.41) is 13.5. The molecule has 7 nitrogen and oxygen atoms in total. The molecule has 3 aromatic rings. The maximum atomic E-state index is 14.0. The fraction of sp³-hybridized carbons (Fsp3) is 0.480. The quantitative estimate of drug-likeness (QED) is 0.526. The summed E-state index contributed by atoms with van der Waals surface area (Å²) in [5.74, 6) is 0.182. The Morgan fingerprint density at radius 1 is 1.15 bits per heavy atom. The van der Waals surface area contributed by atoms with E-state index >= 15 is 0 Å². The van der Waals surface area contributed by atoms with Crippen LogP contribution in [0.5, 0.6) is 5.75 Å². The molecule has 9 heteroatoms. The van der Waals surface area contributed by atoms with E-state index in [1.807, 2.05) is 19.9 Å². The molecule has 2 N–H and O–H groups in total. The number of nitrogens with one attached hydrogen (secondary N) is 1. The van der Waals surface area contributed by atoms with Crippen molar-refractivity contribution in [1.82, 2.24) is 15.0 Å². The number of hydrogen-bond acceptors (Lipinski definition) is 7. The minimum Gasteiger partial charge on any atom is -0.487 e. The van der Waals surface area contributed by atoms with E-state index < -0.39 is 17.2 Å². The van der Waals surface area contributed by atoms with E-state index in [1.54, 1.807) is 20.0 Å². The van der Waals surface area contributed by atoms with E-state index in [9.17, 15) is 13.9 Å². The Labute approximate surface area is 198 Å². The van der Waals surface area contributed by atoms with Crippen molar-refractivity contribution in [3.63, 3.8) is 0 Å². The number of piperidine rings is 1. The van der Waals surface area contributed by atoms with Gasteiger partial charge in [-0.15, -0.1) is 0 Å². The van der Waals surface area contributed by atoms with Crippen LogP contribution in [-0.2, 0) is 6.42 Å². The van der Waals surface area contributed by atoms with E-state index in [2.05, 4.69) is 15.2 Å². The Morgan fingerprint density at radius 2 is 1.88 bits per heavy atom. The Morgan fingerprint density at radius 3 is 2.53 bits per heavy atom. The molecule has 34 heavy (non-hydrogen) atoms. The first-order valence-electron chi connectivity index (χ1n) is 11.6. The molecule has 1 saturated heterocycles. The van der Waals surface area contributed by atoms with Crippen LogP contribution in [0.4, 0.5) is 20.4 Å². The standard InChI is InChI=1S/C25H31F2N5O2/c1-15(2)29-23-24(31-21-14-28-17(12-20(21)30-23)13-25(3,4)33)32-9-7-18(8-10-32)34-22-6-5-16(26)11-19(22)27/h5-6,11-12,14-15,18,33H,7-10,13H2,1-4H3,(H,29,30). The van der Waals surface area contributed by atoms with Crippen molar-refractivity contribution in [1.29, 1.82) is 0 Å². The Bertz CT molecular complexity index is 1160. The maximum absolute atomic E-state index is 14.0. The second kappa shape index (κ2) is 9.66. The largest absolute Gasteiger partial charge is 0.487 e. The number of ether oxygens (including phenoxy) is 1. The first kappa shape index (κ1) is 24.1. The van der Waals surface area contributed by atoms with Crippen LogP contribution in [0.2, 0.25) is 0 Å². The molecular weight excluding hydrogens is 440 g/mol. The van der Waals surface area contributed by atoms with Gasteiger partial charge in [0.05, 0.1) is 17.3 Å². The molecule has 4 rings (SSSR count). The third-order valence-corrected chi connectivity index (χ3v) is 5.56. The van der Waals surface area contributed by atoms with E-state index in [0.717, 1.165) is 17.6 Å². The van der Waals surface area contributed by atoms with Crippen molar-refractivity contribution in [2.24, 2.45) is 0 Å². The summed E-state index contributed by atoms with van der Waals surface area (Å²) < 4.78 is 32.9. The number of nitrogens with zero attached hydrogens (tertiary/aromatic N) is 4. The number of anilines is 2. The summed E-state index contributed by atoms with van der Waals surface area (Å²) in [5.41, 5.74) is 1.28. The zero-order valence-corrected chi connectivity index (χ0v) is 20.0. The predicted octanol–water partition coefficient (Wildman–Crippen LogP) is 4.48. The van der Waals surface area contributed by atoms with Crippen LogP contribution in [0, 0.1) is 11.6 Å². The molecule has 1 aliphatic heterocycles. The van der Waals surface area contributed by atoms with Crippen LogP contribution >= 0.6 is 0 Å². The Kier molecular flexibility index (Phi) is 6.84. The van der Waals surface area contributed by atoms with Crippen LogP contribution < -0.4 is 15.0 Å². The molecule has 0 amide bonds. The molecule has 0 unspecified atom stereocenters. The number of aromatic nitrogens is 3. The van der Waals surface area contributed by atoms with E-state index in [1.165, 1.54) is 12.1 Å². The van der Waals surface area contributed by atoms with Gasteiger partial charge in [-0.05, 0) is 45.9 Å². The van der Waals surface area contributed by atoms with Crippen LogP contribution in [0.3, 0.4) is 0 Å². The minimum absolute atomic E-state index is 0.0699. The summed E-state index contributed by atoms with van der Waals surface area (Å²) in [6, 6.07) is 5.39. The van der Waals surface area contributed by atoms with Crippen molar-refractivity contribution < 1.29 is 18.6 Å². The molecule has 1 fully saturated rings. The number of fused-ring (bicyclic) bond motifs is 1. The van der Waals surface area contributed by atoms with Crippen molar-refractivity contribution >= 4 is 22.7 Å². The lowest BCUT2D eigenvalue weighted by Gasteiger charge is -2.34. The summed E-state index contributed by atoms with van der Waals surface area (Å²) in [4.78, 5) is 16.3. The maximum Gasteiger partial charge on any atom is 0.172 e. The molecule has 1 aliphatic rings. The summed E-state index contributed by atoms with van der Waals surface area (Å²) in [6.45, 7) is 8.89. The van der Waals surface area contributed by atoms with Gasteiger partial charge < -0.3 is 20.1 Å². The number of rotatable bonds is 7. The van der Waals surface area contributed by atoms with Gasteiger partial charge in [-0.25, -0.2) is 18.7 Å². The third-order valence-electron chi connectivity index (χ3n) is 5.56. The fourth-order valence-corrected chi connectivity index (χ4v) is 4.06. The highest BCUT2D eigenvalue weighted by molar-refractivity contribution is 5.80. The Balaban J connectivity index is 1.53. The molecule has 0 radical (unpaired) electrons. The molecule has 182 valence electrons. The number of pyridine rings is 1. The van der Waals surface area contributed by atoms with Gasteiger partial charge in [0.1, 0.15) is 17.4 Å². The molecule has 0 saturated carbocycles. The molecule has 0 bridgehead atoms. The Hall–Kier alpha value is -3.07. The number of aliphatic hydroxyl groups is 1. The zero-order valence-electron chi connectivity index (χ0n) is 20.0. The molecule has 2 aromatic heterocycles. The monoisotopic (exact) mass is 471 g/mol. The number of halogens is 2. The average Bonchev–Trinajstić information content (AvgIpc) is 2.74. The van der Waals surface area contributed by atoms with Crippen molar-refractivity contribution in [2.45, 2.75) is 64.7 Å². The number of hydrogen-bond donors (Lipinski definition) is 2. The first-order chi connectivity index (χ1) is 16.1. The van der Waals surface area contributed by atoms with Crippen LogP contribution in [0.25, 0.3) is 11.0 Å². The van der Waals surface area contributed by atoms with Crippen LogP contribution in [0.15, 0.2) is 30.5 Å². The fourth-order valence-electron chi connectivity index (χ4n) is 4.06. The van der Waals surface area contributed by atoms with Gasteiger partial charge in [0.15, 0.2) is 23.2 Å². The molecule has 1 aromatic carbocycles. The van der Waals surface area contributed by atoms with E-state index in [4.69, 9.17) is 14.7 Å². The van der Waals surface area contributed by atoms with Crippen molar-refractivity contribution in [3.8, 4) is 5.75 Å². The van der Waals surface area contributed by atoms with Gasteiger partial charge >= 0.3 is 0 Å². The lowest BCUT2D eigenvalue weighted by molar-refractivity contribution is 0.0800. The summed E-state index contributed by atoms with van der Waals surface area (Å²) in [6.07, 6.45) is 3.28. The second-order valence-electron chi connectivity index (χ2n) is 9.73. The summed E-state index contributed by atoms with van der Waals surface area (Å²) in [7, 11) is 0. The van der Waals surface area contributed by atoms with E-state index in [-0.39, 0.29) is 17.9 Å². The SMILES string of the molecule is CC(C)Nc1nc2cc(CC(C)(C)O)ncc2nc1N1CCC(Oc2ccc(F)cc2F)CC1. The smallest absolute Gasteiger partial charge is 0.172 e. The normalized spacial score (nSPS) is 15.2. The second-order valence-corrected chi connectivity index (χ2v) is 9.73. The lowest BCUT2D eigenvalue weighted by atomic mass is 10.0. The predicted molar refractivity (Wildman–Crippen MR) is 128 cm³/mol. The summed E-state index contributed by atoms with van der Waals surface area (Å²) >= 11 is 0. The molecule has 0 spiro atoms. The van der Waals surface area contributed by atoms with Crippen molar-refractivity contribution in [3.05, 3.63) is 47.8 Å². The van der Waals surface area contributed by atoms with Gasteiger partial charge in [-0.3, -0.25) is 4.98 Å². The average molecular weight is 472 g/mol. The van der Waals surface area contributed by atoms with E-state index in [0.29, 0.717) is 49.2 Å². The highest BCUT2D eigenvalue weighted by Gasteiger charge is 2.26. The molecule has 0 aliphatic carbocycles. The van der Waals surface area contributed by atoms with Gasteiger partial charge in [0.2, 0.25) is 0 Å². The lowest BCUT2D eigenvalue weighted by Crippen LogP contribution is -2.39. The van der Waals surface area contributed by atoms with Crippen molar-refractivity contribution in [2.75, 3.05) is 23.3 Å². The van der Waals surface area contributed by atoms with Gasteiger partial charge in [0, 0.05) is 50.2 Å². The molecular formula is C25H31F2N5O2. The van der Waals surface area contributed by atoms with Gasteiger partial charge in [0.25, 0.3) is 0 Å². The molecule has 3 heterocycles. The third kappa shape index (κ3) is 5.88. The highest BCUT2D eigenvalue weighted by atomic mass is 19.1. The zero-order chi connectivity index (χ0) is 24.5. The number of benzene rings is 1. The van der Waals surface area contributed by atoms with Crippen LogP contribution in [0.1, 0.15) is 46.2 Å². The highest BCUT2D eigenvalue weighted by Crippen LogP contribution is 2.30. The first-order valence-corrected chi connectivity index (χ1v) is 11.6. The topological polar surface area (TPSA) is 83.4 Å². The van der Waals surface area contributed by atoms with Gasteiger partial charge in [-0.2, -0.15) is 0 Å². The molecule has 0 atom stereocenters. The van der Waals surface area contributed by atoms with Gasteiger partial charge in [-0.1, -0.05) is 0 Å².